The van der Waals surface area contributed by atoms with Gasteiger partial charge in [0.1, 0.15) is 0 Å². The molecule has 1 aliphatic heterocycles. The topological polar surface area (TPSA) is 69.7 Å². The number of nitrogens with one attached hydrogen (secondary N) is 1. The van der Waals surface area contributed by atoms with Crippen LogP contribution < -0.4 is 5.32 Å². The second kappa shape index (κ2) is 11.0. The van der Waals surface area contributed by atoms with Crippen LogP contribution >= 0.6 is 0 Å². The van der Waals surface area contributed by atoms with E-state index in [2.05, 4.69) is 19.2 Å². The number of alkyl halides is 3. The number of likely N-dealkylation sites (N-methyl/N-ethyl adjacent to an activating group) is 1. The van der Waals surface area contributed by atoms with Gasteiger partial charge in [0, 0.05) is 25.2 Å². The number of benzene rings is 1. The Balaban J connectivity index is 1.81. The normalized spacial score (nSPS) is 19.8. The Hall–Kier alpha value is -1.65. The summed E-state index contributed by atoms with van der Waals surface area (Å²) in [4.78, 5) is 14.4. The Morgan fingerprint density at radius 3 is 2.24 bits per heavy atom. The zero-order valence-corrected chi connectivity index (χ0v) is 21.0. The van der Waals surface area contributed by atoms with E-state index in [0.717, 1.165) is 31.0 Å². The number of hydrogen-bond acceptors (Lipinski definition) is 4. The van der Waals surface area contributed by atoms with Gasteiger partial charge in [0.25, 0.3) is 0 Å². The van der Waals surface area contributed by atoms with E-state index in [9.17, 15) is 26.4 Å². The van der Waals surface area contributed by atoms with Gasteiger partial charge in [0.2, 0.25) is 15.9 Å². The molecular formula is C24H36F3N3O3S. The van der Waals surface area contributed by atoms with Crippen molar-refractivity contribution in [3.8, 4) is 0 Å². The lowest BCUT2D eigenvalue weighted by atomic mass is 9.99. The average Bonchev–Trinajstić information content (AvgIpc) is 3.31. The lowest BCUT2D eigenvalue weighted by Crippen LogP contribution is -2.54. The summed E-state index contributed by atoms with van der Waals surface area (Å²) >= 11 is 0. The summed E-state index contributed by atoms with van der Waals surface area (Å²) in [6.07, 6.45) is 0.242. The molecule has 0 aromatic heterocycles. The SMILES string of the molecule is CN[C@@H](CC(C)C)C(=O)N1CCC(N(C2CCCC2)S(=O)(=O)c2cccc(C(F)(F)F)c2)CC1. The molecule has 1 saturated heterocycles. The first-order valence-corrected chi connectivity index (χ1v) is 13.6. The van der Waals surface area contributed by atoms with Crippen LogP contribution in [0, 0.1) is 5.92 Å². The summed E-state index contributed by atoms with van der Waals surface area (Å²) in [6, 6.07) is 3.17. The first-order chi connectivity index (χ1) is 15.9. The monoisotopic (exact) mass is 503 g/mol. The molecule has 2 fully saturated rings. The highest BCUT2D eigenvalue weighted by Gasteiger charge is 2.41. The van der Waals surface area contributed by atoms with E-state index in [1.54, 1.807) is 11.9 Å². The van der Waals surface area contributed by atoms with Crippen LogP contribution in [0.4, 0.5) is 13.2 Å². The highest BCUT2D eigenvalue weighted by atomic mass is 32.2. The predicted molar refractivity (Wildman–Crippen MR) is 125 cm³/mol. The van der Waals surface area contributed by atoms with E-state index in [0.29, 0.717) is 51.1 Å². The number of piperidine rings is 1. The van der Waals surface area contributed by atoms with Gasteiger partial charge in [-0.25, -0.2) is 8.42 Å². The van der Waals surface area contributed by atoms with Gasteiger partial charge in [0.05, 0.1) is 16.5 Å². The van der Waals surface area contributed by atoms with Crippen LogP contribution in [-0.2, 0) is 21.0 Å². The minimum Gasteiger partial charge on any atom is -0.341 e. The quantitative estimate of drug-likeness (QED) is 0.576. The van der Waals surface area contributed by atoms with Crippen LogP contribution in [0.5, 0.6) is 0 Å². The molecule has 1 amide bonds. The first kappa shape index (κ1) is 26.9. The van der Waals surface area contributed by atoms with E-state index < -0.39 is 21.8 Å². The first-order valence-electron chi connectivity index (χ1n) is 12.1. The number of rotatable bonds is 8. The number of hydrogen-bond donors (Lipinski definition) is 1. The molecule has 0 spiro atoms. The largest absolute Gasteiger partial charge is 0.416 e. The Labute approximate surface area is 200 Å². The fraction of sp³-hybridized carbons (Fsp3) is 0.708. The van der Waals surface area contributed by atoms with Gasteiger partial charge in [-0.05, 0) is 63.3 Å². The van der Waals surface area contributed by atoms with Crippen molar-refractivity contribution in [1.82, 2.24) is 14.5 Å². The van der Waals surface area contributed by atoms with Crippen LogP contribution in [0.15, 0.2) is 29.2 Å². The molecule has 1 heterocycles. The van der Waals surface area contributed by atoms with E-state index in [1.807, 2.05) is 0 Å². The van der Waals surface area contributed by atoms with Crippen molar-refractivity contribution in [2.24, 2.45) is 5.92 Å². The number of amides is 1. The number of nitrogens with zero attached hydrogens (tertiary/aromatic N) is 2. The lowest BCUT2D eigenvalue weighted by molar-refractivity contribution is -0.137. The van der Waals surface area contributed by atoms with Crippen molar-refractivity contribution in [2.75, 3.05) is 20.1 Å². The van der Waals surface area contributed by atoms with Crippen LogP contribution in [0.3, 0.4) is 0 Å². The van der Waals surface area contributed by atoms with Gasteiger partial charge >= 0.3 is 6.18 Å². The smallest absolute Gasteiger partial charge is 0.341 e. The number of carbonyl (C=O) groups excluding carboxylic acids is 1. The number of halogens is 3. The second-order valence-electron chi connectivity index (χ2n) is 9.83. The summed E-state index contributed by atoms with van der Waals surface area (Å²) < 4.78 is 68.5. The highest BCUT2D eigenvalue weighted by molar-refractivity contribution is 7.89. The Morgan fingerprint density at radius 1 is 1.12 bits per heavy atom. The van der Waals surface area contributed by atoms with E-state index in [1.165, 1.54) is 10.4 Å². The fourth-order valence-corrected chi connectivity index (χ4v) is 7.16. The zero-order valence-electron chi connectivity index (χ0n) is 20.1. The van der Waals surface area contributed by atoms with Gasteiger partial charge in [-0.1, -0.05) is 32.8 Å². The molecule has 10 heteroatoms. The predicted octanol–water partition coefficient (Wildman–Crippen LogP) is 4.26. The molecule has 192 valence electrons. The Morgan fingerprint density at radius 2 is 1.71 bits per heavy atom. The third-order valence-electron chi connectivity index (χ3n) is 6.91. The van der Waals surface area contributed by atoms with Gasteiger partial charge in [-0.3, -0.25) is 4.79 Å². The molecule has 1 aliphatic carbocycles. The summed E-state index contributed by atoms with van der Waals surface area (Å²) in [7, 11) is -2.36. The molecule has 0 unspecified atom stereocenters. The summed E-state index contributed by atoms with van der Waals surface area (Å²) in [5, 5.41) is 3.08. The van der Waals surface area contributed by atoms with Gasteiger partial charge < -0.3 is 10.2 Å². The number of sulfonamides is 1. The third-order valence-corrected chi connectivity index (χ3v) is 8.91. The highest BCUT2D eigenvalue weighted by Crippen LogP contribution is 2.36. The molecule has 1 N–H and O–H groups in total. The summed E-state index contributed by atoms with van der Waals surface area (Å²) in [6.45, 7) is 4.98. The number of likely N-dealkylation sites (tertiary alicyclic amines) is 1. The molecular weight excluding hydrogens is 467 g/mol. The van der Waals surface area contributed by atoms with Crippen molar-refractivity contribution in [2.45, 2.75) is 88.0 Å². The Kier molecular flexibility index (Phi) is 8.68. The van der Waals surface area contributed by atoms with E-state index in [-0.39, 0.29) is 28.9 Å². The minimum atomic E-state index is -4.62. The zero-order chi connectivity index (χ0) is 25.1. The molecule has 2 aliphatic rings. The average molecular weight is 504 g/mol. The molecule has 34 heavy (non-hydrogen) atoms. The maximum absolute atomic E-state index is 13.7. The summed E-state index contributed by atoms with van der Waals surface area (Å²) in [5.74, 6) is 0.372. The maximum atomic E-state index is 13.7. The molecule has 1 aromatic carbocycles. The maximum Gasteiger partial charge on any atom is 0.416 e. The van der Waals surface area contributed by atoms with Gasteiger partial charge in [-0.15, -0.1) is 0 Å². The summed E-state index contributed by atoms with van der Waals surface area (Å²) in [5.41, 5.74) is -0.969. The number of carbonyl (C=O) groups is 1. The van der Waals surface area contributed by atoms with E-state index in [4.69, 9.17) is 0 Å². The molecule has 1 atom stereocenters. The lowest BCUT2D eigenvalue weighted by Gasteiger charge is -2.41. The standard InChI is InChI=1S/C24H36F3N3O3S/c1-17(2)15-22(28-3)23(31)29-13-11-20(12-14-29)30(19-8-4-5-9-19)34(32,33)21-10-6-7-18(16-21)24(25,26)27/h6-7,10,16-17,19-20,22,28H,4-5,8-9,11-15H2,1-3H3/t22-/m0/s1. The Bertz CT molecular complexity index is 938. The van der Waals surface area contributed by atoms with Crippen molar-refractivity contribution < 1.29 is 26.4 Å². The van der Waals surface area contributed by atoms with Crippen LogP contribution in [0.1, 0.15) is 64.4 Å². The van der Waals surface area contributed by atoms with Crippen LogP contribution in [0.25, 0.3) is 0 Å². The van der Waals surface area contributed by atoms with Crippen molar-refractivity contribution in [3.05, 3.63) is 29.8 Å². The van der Waals surface area contributed by atoms with Gasteiger partial charge in [0.15, 0.2) is 0 Å². The van der Waals surface area contributed by atoms with E-state index >= 15 is 0 Å². The van der Waals surface area contributed by atoms with Crippen LogP contribution in [-0.4, -0.2) is 61.8 Å². The minimum absolute atomic E-state index is 0.0165. The molecule has 0 radical (unpaired) electrons. The fourth-order valence-electron chi connectivity index (χ4n) is 5.18. The molecule has 3 rings (SSSR count). The van der Waals surface area contributed by atoms with Crippen LogP contribution in [0.2, 0.25) is 0 Å². The van der Waals surface area contributed by atoms with Crippen molar-refractivity contribution >= 4 is 15.9 Å². The molecule has 0 bridgehead atoms. The van der Waals surface area contributed by atoms with Crippen molar-refractivity contribution in [1.29, 1.82) is 0 Å². The molecule has 6 nitrogen and oxygen atoms in total. The molecule has 1 aromatic rings. The van der Waals surface area contributed by atoms with Crippen molar-refractivity contribution in [3.63, 3.8) is 0 Å². The van der Waals surface area contributed by atoms with Gasteiger partial charge in [-0.2, -0.15) is 17.5 Å². The second-order valence-corrected chi connectivity index (χ2v) is 11.7. The third kappa shape index (κ3) is 6.12. The molecule has 1 saturated carbocycles.